The van der Waals surface area contributed by atoms with Crippen molar-refractivity contribution in [3.05, 3.63) is 0 Å². The summed E-state index contributed by atoms with van der Waals surface area (Å²) in [6.45, 7) is 13.4. The molecule has 0 aromatic rings. The first-order valence-electron chi connectivity index (χ1n) is 10.5. The van der Waals surface area contributed by atoms with Gasteiger partial charge in [0.1, 0.15) is 5.78 Å². The summed E-state index contributed by atoms with van der Waals surface area (Å²) >= 11 is 0. The Bertz CT molecular complexity index is 466. The van der Waals surface area contributed by atoms with E-state index in [1.807, 2.05) is 0 Å². The molecular formula is C22H40N2O. The van der Waals surface area contributed by atoms with Gasteiger partial charge in [-0.05, 0) is 76.7 Å². The summed E-state index contributed by atoms with van der Waals surface area (Å²) in [4.78, 5) is 19.6. The third-order valence-corrected chi connectivity index (χ3v) is 6.91. The highest BCUT2D eigenvalue weighted by molar-refractivity contribution is 5.89. The van der Waals surface area contributed by atoms with Gasteiger partial charge in [-0.1, -0.05) is 34.1 Å². The van der Waals surface area contributed by atoms with Gasteiger partial charge in [0.05, 0.1) is 12.1 Å². The Labute approximate surface area is 155 Å². The van der Waals surface area contributed by atoms with Gasteiger partial charge in [-0.15, -0.1) is 0 Å². The fraction of sp³-hybridized carbons (Fsp3) is 0.909. The molecule has 2 rings (SSSR count). The van der Waals surface area contributed by atoms with Crippen molar-refractivity contribution in [2.24, 2.45) is 28.7 Å². The second-order valence-electron chi connectivity index (χ2n) is 9.25. The van der Waals surface area contributed by atoms with E-state index in [1.54, 1.807) is 6.92 Å². The van der Waals surface area contributed by atoms with E-state index < -0.39 is 0 Å². The number of carbonyl (C=O) groups is 1. The van der Waals surface area contributed by atoms with Crippen LogP contribution in [0.5, 0.6) is 0 Å². The van der Waals surface area contributed by atoms with Crippen molar-refractivity contribution < 1.29 is 4.79 Å². The third-order valence-electron chi connectivity index (χ3n) is 6.91. The molecular weight excluding hydrogens is 308 g/mol. The number of likely N-dealkylation sites (N-methyl/N-ethyl adjacent to an activating group) is 1. The first kappa shape index (κ1) is 20.6. The zero-order valence-electron chi connectivity index (χ0n) is 17.6. The molecule has 2 aliphatic rings. The van der Waals surface area contributed by atoms with Crippen molar-refractivity contribution in [3.63, 3.8) is 0 Å². The maximum Gasteiger partial charge on any atom is 0.146 e. The first-order valence-corrected chi connectivity index (χ1v) is 10.5. The normalized spacial score (nSPS) is 35.4. The van der Waals surface area contributed by atoms with Crippen LogP contribution in [0.3, 0.4) is 0 Å². The Morgan fingerprint density at radius 1 is 0.880 bits per heavy atom. The predicted molar refractivity (Wildman–Crippen MR) is 107 cm³/mol. The molecule has 0 bridgehead atoms. The van der Waals surface area contributed by atoms with Gasteiger partial charge in [-0.3, -0.25) is 14.7 Å². The van der Waals surface area contributed by atoms with E-state index >= 15 is 0 Å². The van der Waals surface area contributed by atoms with Crippen LogP contribution in [0, 0.1) is 23.7 Å². The molecule has 0 amide bonds. The van der Waals surface area contributed by atoms with Crippen LogP contribution in [-0.4, -0.2) is 41.6 Å². The molecule has 1 saturated heterocycles. The van der Waals surface area contributed by atoms with Crippen molar-refractivity contribution in [2.45, 2.75) is 98.2 Å². The Hall–Kier alpha value is -0.700. The van der Waals surface area contributed by atoms with Gasteiger partial charge in [0, 0.05) is 11.8 Å². The third kappa shape index (κ3) is 4.72. The number of aliphatic imine (C=N–C) groups is 1. The zero-order chi connectivity index (χ0) is 18.7. The highest BCUT2D eigenvalue weighted by Crippen LogP contribution is 2.40. The van der Waals surface area contributed by atoms with E-state index in [4.69, 9.17) is 4.99 Å². The minimum Gasteiger partial charge on any atom is -0.298 e. The van der Waals surface area contributed by atoms with Crippen LogP contribution in [0.2, 0.25) is 0 Å². The van der Waals surface area contributed by atoms with Crippen LogP contribution in [0.1, 0.15) is 80.1 Å². The molecule has 144 valence electrons. The van der Waals surface area contributed by atoms with Crippen LogP contribution >= 0.6 is 0 Å². The number of rotatable bonds is 5. The minimum atomic E-state index is 0.0806. The molecule has 0 spiro atoms. The van der Waals surface area contributed by atoms with Crippen molar-refractivity contribution in [3.8, 4) is 0 Å². The number of ketones is 1. The molecule has 1 aliphatic heterocycles. The van der Waals surface area contributed by atoms with E-state index in [9.17, 15) is 4.79 Å². The first-order chi connectivity index (χ1) is 11.7. The monoisotopic (exact) mass is 348 g/mol. The Morgan fingerprint density at radius 3 is 1.84 bits per heavy atom. The summed E-state index contributed by atoms with van der Waals surface area (Å²) in [6, 6.07) is 0.877. The number of piperidine rings is 1. The quantitative estimate of drug-likeness (QED) is 0.656. The van der Waals surface area contributed by atoms with Gasteiger partial charge in [0.25, 0.3) is 0 Å². The summed E-state index contributed by atoms with van der Waals surface area (Å²) in [5.74, 6) is 3.09. The molecule has 0 aromatic carbocycles. The van der Waals surface area contributed by atoms with E-state index in [0.717, 1.165) is 19.3 Å². The zero-order valence-corrected chi connectivity index (χ0v) is 17.6. The Kier molecular flexibility index (Phi) is 7.25. The molecule has 1 aliphatic carbocycles. The average molecular weight is 349 g/mol. The van der Waals surface area contributed by atoms with Crippen molar-refractivity contribution >= 4 is 11.5 Å². The molecule has 4 atom stereocenters. The topological polar surface area (TPSA) is 32.7 Å². The fourth-order valence-electron chi connectivity index (χ4n) is 5.34. The van der Waals surface area contributed by atoms with Gasteiger partial charge >= 0.3 is 0 Å². The van der Waals surface area contributed by atoms with Crippen LogP contribution in [-0.2, 0) is 4.79 Å². The second-order valence-corrected chi connectivity index (χ2v) is 9.25. The number of Topliss-reactive ketones (excluding diaryl/α,β-unsaturated/α-hetero) is 1. The van der Waals surface area contributed by atoms with Gasteiger partial charge < -0.3 is 0 Å². The molecule has 0 radical (unpaired) electrons. The van der Waals surface area contributed by atoms with Crippen LogP contribution < -0.4 is 0 Å². The fourth-order valence-corrected chi connectivity index (χ4v) is 5.34. The smallest absolute Gasteiger partial charge is 0.146 e. The Balaban J connectivity index is 2.25. The lowest BCUT2D eigenvalue weighted by Crippen LogP contribution is -2.50. The summed E-state index contributed by atoms with van der Waals surface area (Å²) in [5, 5.41) is 0. The van der Waals surface area contributed by atoms with E-state index in [1.165, 1.54) is 25.0 Å². The molecule has 0 N–H and O–H groups in total. The van der Waals surface area contributed by atoms with Crippen LogP contribution in [0.15, 0.2) is 4.99 Å². The van der Waals surface area contributed by atoms with Crippen molar-refractivity contribution in [1.82, 2.24) is 4.90 Å². The van der Waals surface area contributed by atoms with E-state index in [-0.39, 0.29) is 6.04 Å². The molecule has 3 heteroatoms. The standard InChI is InChI=1S/C22H40N2O/c1-14(2)18-10-8-11-19(15(3)4)22(18)23-16(5)20-12-9-13-21(17(6)25)24(20)7/h14-15,18-22H,8-13H2,1-7H3. The Morgan fingerprint density at radius 2 is 1.36 bits per heavy atom. The maximum absolute atomic E-state index is 12.0. The maximum atomic E-state index is 12.0. The average Bonchev–Trinajstić information content (AvgIpc) is 2.54. The summed E-state index contributed by atoms with van der Waals surface area (Å²) in [7, 11) is 2.12. The SMILES string of the molecule is CC(=O)C1CCCC(C(C)=NC2C(C(C)C)CCCC2C(C)C)N1C. The minimum absolute atomic E-state index is 0.0806. The van der Waals surface area contributed by atoms with Gasteiger partial charge in [0.15, 0.2) is 0 Å². The van der Waals surface area contributed by atoms with E-state index in [0.29, 0.717) is 41.5 Å². The van der Waals surface area contributed by atoms with Crippen molar-refractivity contribution in [2.75, 3.05) is 7.05 Å². The molecule has 0 aromatic heterocycles. The van der Waals surface area contributed by atoms with Gasteiger partial charge in [-0.25, -0.2) is 0 Å². The number of likely N-dealkylation sites (tertiary alicyclic amines) is 1. The lowest BCUT2D eigenvalue weighted by Gasteiger charge is -2.42. The van der Waals surface area contributed by atoms with Crippen molar-refractivity contribution in [1.29, 1.82) is 0 Å². The number of carbonyl (C=O) groups excluding carboxylic acids is 1. The van der Waals surface area contributed by atoms with Gasteiger partial charge in [-0.2, -0.15) is 0 Å². The number of hydrogen-bond donors (Lipinski definition) is 0. The van der Waals surface area contributed by atoms with E-state index in [2.05, 4.69) is 46.6 Å². The lowest BCUT2D eigenvalue weighted by atomic mass is 9.68. The molecule has 4 unspecified atom stereocenters. The highest BCUT2D eigenvalue weighted by atomic mass is 16.1. The molecule has 2 fully saturated rings. The molecule has 25 heavy (non-hydrogen) atoms. The van der Waals surface area contributed by atoms with Crippen LogP contribution in [0.4, 0.5) is 0 Å². The predicted octanol–water partition coefficient (Wildman–Crippen LogP) is 4.99. The molecule has 1 saturated carbocycles. The number of hydrogen-bond acceptors (Lipinski definition) is 3. The second kappa shape index (κ2) is 8.79. The largest absolute Gasteiger partial charge is 0.298 e. The summed E-state index contributed by atoms with van der Waals surface area (Å²) < 4.78 is 0. The molecule has 1 heterocycles. The summed E-state index contributed by atoms with van der Waals surface area (Å²) in [5.41, 5.74) is 1.26. The molecule has 3 nitrogen and oxygen atoms in total. The lowest BCUT2D eigenvalue weighted by molar-refractivity contribution is -0.123. The summed E-state index contributed by atoms with van der Waals surface area (Å²) in [6.07, 6.45) is 7.27. The van der Waals surface area contributed by atoms with Crippen LogP contribution in [0.25, 0.3) is 0 Å². The number of nitrogens with zero attached hydrogens (tertiary/aromatic N) is 2. The highest BCUT2D eigenvalue weighted by Gasteiger charge is 2.38. The van der Waals surface area contributed by atoms with Gasteiger partial charge in [0.2, 0.25) is 0 Å².